The predicted octanol–water partition coefficient (Wildman–Crippen LogP) is 3.75. The molecule has 0 heterocycles. The van der Waals surface area contributed by atoms with Crippen LogP contribution in [0.5, 0.6) is 0 Å². The number of thioether (sulfide) groups is 1. The molecule has 0 bridgehead atoms. The van der Waals surface area contributed by atoms with E-state index >= 15 is 0 Å². The Bertz CT molecular complexity index is 345. The molecule has 0 radical (unpaired) electrons. The number of rotatable bonds is 6. The first kappa shape index (κ1) is 12.0. The molecule has 1 nitrogen and oxygen atoms in total. The van der Waals surface area contributed by atoms with Crippen LogP contribution in [0.15, 0.2) is 23.1 Å². The molecule has 1 aromatic rings. The van der Waals surface area contributed by atoms with Crippen LogP contribution in [-0.2, 0) is 6.54 Å². The number of hydrogen-bond donors (Lipinski definition) is 1. The van der Waals surface area contributed by atoms with E-state index in [1.165, 1.54) is 41.0 Å². The third kappa shape index (κ3) is 3.53. The van der Waals surface area contributed by atoms with Gasteiger partial charge in [0, 0.05) is 17.5 Å². The van der Waals surface area contributed by atoms with E-state index in [4.69, 9.17) is 0 Å². The predicted molar refractivity (Wildman–Crippen MR) is 72.1 cm³/mol. The quantitative estimate of drug-likeness (QED) is 0.754. The fraction of sp³-hybridized carbons (Fsp3) is 0.571. The first-order chi connectivity index (χ1) is 7.79. The van der Waals surface area contributed by atoms with Crippen molar-refractivity contribution in [2.24, 2.45) is 0 Å². The van der Waals surface area contributed by atoms with Crippen molar-refractivity contribution < 1.29 is 0 Å². The highest BCUT2D eigenvalue weighted by molar-refractivity contribution is 7.99. The van der Waals surface area contributed by atoms with E-state index in [2.05, 4.69) is 37.4 Å². The molecular weight excluding hydrogens is 214 g/mol. The smallest absolute Gasteiger partial charge is 0.0208 e. The summed E-state index contributed by atoms with van der Waals surface area (Å²) in [7, 11) is 0. The van der Waals surface area contributed by atoms with Crippen LogP contribution in [0.2, 0.25) is 0 Å². The molecular formula is C14H21NS. The second-order valence-electron chi connectivity index (χ2n) is 4.60. The number of benzene rings is 1. The van der Waals surface area contributed by atoms with Gasteiger partial charge >= 0.3 is 0 Å². The van der Waals surface area contributed by atoms with Crippen molar-refractivity contribution in [2.45, 2.75) is 50.6 Å². The molecule has 1 aromatic carbocycles. The van der Waals surface area contributed by atoms with E-state index in [0.29, 0.717) is 0 Å². The van der Waals surface area contributed by atoms with Crippen LogP contribution in [0.4, 0.5) is 0 Å². The normalized spacial score (nSPS) is 15.4. The minimum absolute atomic E-state index is 0.800. The van der Waals surface area contributed by atoms with Crippen molar-refractivity contribution in [1.29, 1.82) is 0 Å². The SMILES string of the molecule is CCCSc1ccc(CNC2CC2)cc1C. The lowest BCUT2D eigenvalue weighted by atomic mass is 10.1. The summed E-state index contributed by atoms with van der Waals surface area (Å²) in [5.74, 6) is 1.22. The van der Waals surface area contributed by atoms with Crippen molar-refractivity contribution in [3.8, 4) is 0 Å². The monoisotopic (exact) mass is 235 g/mol. The van der Waals surface area contributed by atoms with Crippen molar-refractivity contribution in [3.63, 3.8) is 0 Å². The molecule has 0 spiro atoms. The Balaban J connectivity index is 1.91. The largest absolute Gasteiger partial charge is 0.310 e. The summed E-state index contributed by atoms with van der Waals surface area (Å²) in [6.07, 6.45) is 3.97. The Morgan fingerprint density at radius 1 is 1.38 bits per heavy atom. The molecule has 1 aliphatic rings. The van der Waals surface area contributed by atoms with Gasteiger partial charge in [-0.3, -0.25) is 0 Å². The van der Waals surface area contributed by atoms with E-state index in [-0.39, 0.29) is 0 Å². The van der Waals surface area contributed by atoms with Crippen LogP contribution in [0.3, 0.4) is 0 Å². The van der Waals surface area contributed by atoms with Crippen LogP contribution in [-0.4, -0.2) is 11.8 Å². The summed E-state index contributed by atoms with van der Waals surface area (Å²) >= 11 is 1.97. The fourth-order valence-electron chi connectivity index (χ4n) is 1.75. The molecule has 16 heavy (non-hydrogen) atoms. The van der Waals surface area contributed by atoms with E-state index in [1.54, 1.807) is 0 Å². The Morgan fingerprint density at radius 2 is 2.19 bits per heavy atom. The van der Waals surface area contributed by atoms with E-state index in [9.17, 15) is 0 Å². The molecule has 0 saturated heterocycles. The van der Waals surface area contributed by atoms with Gasteiger partial charge in [-0.25, -0.2) is 0 Å². The summed E-state index contributed by atoms with van der Waals surface area (Å²) < 4.78 is 0. The van der Waals surface area contributed by atoms with Crippen molar-refractivity contribution in [1.82, 2.24) is 5.32 Å². The van der Waals surface area contributed by atoms with Crippen LogP contribution < -0.4 is 5.32 Å². The second kappa shape index (κ2) is 5.74. The van der Waals surface area contributed by atoms with Gasteiger partial charge in [0.1, 0.15) is 0 Å². The summed E-state index contributed by atoms with van der Waals surface area (Å²) in [5, 5.41) is 3.56. The molecule has 0 aliphatic heterocycles. The second-order valence-corrected chi connectivity index (χ2v) is 5.74. The summed E-state index contributed by atoms with van der Waals surface area (Å²) in [6.45, 7) is 5.49. The molecule has 1 saturated carbocycles. The van der Waals surface area contributed by atoms with Gasteiger partial charge in [0.15, 0.2) is 0 Å². The molecule has 0 amide bonds. The maximum absolute atomic E-state index is 3.56. The van der Waals surface area contributed by atoms with Gasteiger partial charge in [-0.15, -0.1) is 11.8 Å². The molecule has 2 rings (SSSR count). The third-order valence-corrected chi connectivity index (χ3v) is 4.25. The van der Waals surface area contributed by atoms with Gasteiger partial charge in [0.2, 0.25) is 0 Å². The molecule has 1 fully saturated rings. The maximum Gasteiger partial charge on any atom is 0.0208 e. The number of aryl methyl sites for hydroxylation is 1. The Hall–Kier alpha value is -0.470. The highest BCUT2D eigenvalue weighted by Crippen LogP contribution is 2.24. The lowest BCUT2D eigenvalue weighted by molar-refractivity contribution is 0.687. The lowest BCUT2D eigenvalue weighted by Gasteiger charge is -2.08. The minimum atomic E-state index is 0.800. The van der Waals surface area contributed by atoms with Gasteiger partial charge in [0.25, 0.3) is 0 Å². The molecule has 0 atom stereocenters. The zero-order valence-electron chi connectivity index (χ0n) is 10.3. The fourth-order valence-corrected chi connectivity index (χ4v) is 2.62. The molecule has 0 aromatic heterocycles. The average Bonchev–Trinajstić information content (AvgIpc) is 3.09. The van der Waals surface area contributed by atoms with Crippen LogP contribution in [0.25, 0.3) is 0 Å². The third-order valence-electron chi connectivity index (χ3n) is 2.87. The van der Waals surface area contributed by atoms with Crippen molar-refractivity contribution in [2.75, 3.05) is 5.75 Å². The van der Waals surface area contributed by atoms with Gasteiger partial charge in [0.05, 0.1) is 0 Å². The molecule has 2 heteroatoms. The van der Waals surface area contributed by atoms with Gasteiger partial charge in [-0.1, -0.05) is 19.1 Å². The Morgan fingerprint density at radius 3 is 2.81 bits per heavy atom. The molecule has 88 valence electrons. The summed E-state index contributed by atoms with van der Waals surface area (Å²) in [6, 6.07) is 7.67. The van der Waals surface area contributed by atoms with Crippen LogP contribution in [0, 0.1) is 6.92 Å². The average molecular weight is 235 g/mol. The first-order valence-corrected chi connectivity index (χ1v) is 7.24. The zero-order chi connectivity index (χ0) is 11.4. The van der Waals surface area contributed by atoms with Crippen LogP contribution in [0.1, 0.15) is 37.3 Å². The highest BCUT2D eigenvalue weighted by atomic mass is 32.2. The number of hydrogen-bond acceptors (Lipinski definition) is 2. The van der Waals surface area contributed by atoms with E-state index in [1.807, 2.05) is 11.8 Å². The van der Waals surface area contributed by atoms with Gasteiger partial charge < -0.3 is 5.32 Å². The Kier molecular flexibility index (Phi) is 4.30. The summed E-state index contributed by atoms with van der Waals surface area (Å²) in [4.78, 5) is 1.44. The standard InChI is InChI=1S/C14H21NS/c1-3-8-16-14-7-4-12(9-11(14)2)10-15-13-5-6-13/h4,7,9,13,15H,3,5-6,8,10H2,1-2H3. The zero-order valence-corrected chi connectivity index (χ0v) is 11.1. The first-order valence-electron chi connectivity index (χ1n) is 6.25. The van der Waals surface area contributed by atoms with Crippen LogP contribution >= 0.6 is 11.8 Å². The molecule has 1 N–H and O–H groups in total. The topological polar surface area (TPSA) is 12.0 Å². The van der Waals surface area contributed by atoms with Gasteiger partial charge in [-0.2, -0.15) is 0 Å². The van der Waals surface area contributed by atoms with Crippen molar-refractivity contribution >= 4 is 11.8 Å². The van der Waals surface area contributed by atoms with E-state index < -0.39 is 0 Å². The molecule has 0 unspecified atom stereocenters. The molecule has 1 aliphatic carbocycles. The highest BCUT2D eigenvalue weighted by Gasteiger charge is 2.19. The summed E-state index contributed by atoms with van der Waals surface area (Å²) in [5.41, 5.74) is 2.85. The lowest BCUT2D eigenvalue weighted by Crippen LogP contribution is -2.15. The maximum atomic E-state index is 3.56. The number of nitrogens with one attached hydrogen (secondary N) is 1. The Labute approximate surface area is 103 Å². The van der Waals surface area contributed by atoms with E-state index in [0.717, 1.165) is 12.6 Å². The van der Waals surface area contributed by atoms with Crippen molar-refractivity contribution in [3.05, 3.63) is 29.3 Å². The minimum Gasteiger partial charge on any atom is -0.310 e. The van der Waals surface area contributed by atoms with Gasteiger partial charge in [-0.05, 0) is 49.1 Å².